The van der Waals surface area contributed by atoms with E-state index in [0.717, 1.165) is 4.68 Å². The van der Waals surface area contributed by atoms with Gasteiger partial charge in [0.1, 0.15) is 5.02 Å². The number of rotatable bonds is 6. The predicted octanol–water partition coefficient (Wildman–Crippen LogP) is 1.19. The Balaban J connectivity index is 2.43. The predicted molar refractivity (Wildman–Crippen MR) is 68.8 cm³/mol. The molecule has 1 N–H and O–H groups in total. The second-order valence-electron chi connectivity index (χ2n) is 3.64. The molecule has 7 heteroatoms. The molecule has 0 aromatic carbocycles. The van der Waals surface area contributed by atoms with Crippen LogP contribution in [-0.2, 0) is 16.6 Å². The number of nitrogens with zero attached hydrogens (tertiary/aromatic N) is 2. The number of nitrogens with one attached hydrogen (secondary N) is 1. The van der Waals surface area contributed by atoms with Crippen molar-refractivity contribution in [1.82, 2.24) is 9.78 Å². The van der Waals surface area contributed by atoms with E-state index in [1.807, 2.05) is 0 Å². The average molecular weight is 274 g/mol. The molecule has 0 atom stereocenters. The van der Waals surface area contributed by atoms with E-state index < -0.39 is 0 Å². The summed E-state index contributed by atoms with van der Waals surface area (Å²) >= 11 is 5.86. The smallest absolute Gasteiger partial charge is 0.305 e. The van der Waals surface area contributed by atoms with E-state index in [-0.39, 0.29) is 16.6 Å². The number of halogens is 1. The van der Waals surface area contributed by atoms with Crippen LogP contribution < -0.4 is 10.9 Å². The molecule has 0 radical (unpaired) electrons. The lowest BCUT2D eigenvalue weighted by atomic mass is 10.3. The summed E-state index contributed by atoms with van der Waals surface area (Å²) in [4.78, 5) is 22.5. The third-order valence-electron chi connectivity index (χ3n) is 2.26. The molecule has 100 valence electrons. The van der Waals surface area contributed by atoms with Crippen molar-refractivity contribution in [1.29, 1.82) is 0 Å². The Labute approximate surface area is 110 Å². The van der Waals surface area contributed by atoms with Crippen LogP contribution in [0.4, 0.5) is 5.69 Å². The summed E-state index contributed by atoms with van der Waals surface area (Å²) in [5.74, 6) is -0.229. The number of hydrogen-bond donors (Lipinski definition) is 1. The van der Waals surface area contributed by atoms with E-state index in [9.17, 15) is 9.59 Å². The summed E-state index contributed by atoms with van der Waals surface area (Å²) in [6.07, 6.45) is 2.41. The first-order chi connectivity index (χ1) is 8.56. The van der Waals surface area contributed by atoms with Gasteiger partial charge in [0, 0.05) is 20.0 Å². The molecule has 1 aromatic heterocycles. The fraction of sp³-hybridized carbons (Fsp3) is 0.545. The van der Waals surface area contributed by atoms with E-state index >= 15 is 0 Å². The number of anilines is 1. The number of aryl methyl sites for hydroxylation is 1. The Hall–Kier alpha value is -1.56. The molecule has 0 aliphatic heterocycles. The van der Waals surface area contributed by atoms with Crippen molar-refractivity contribution in [2.75, 3.05) is 18.5 Å². The standard InChI is InChI=1S/C11H16ClN3O3/c1-3-18-9(16)5-4-6-13-8-7-14-15(2)11(17)10(8)12/h7,13H,3-6H2,1-2H3. The number of carbonyl (C=O) groups is 1. The molecule has 0 amide bonds. The molecule has 1 aromatic rings. The number of hydrogen-bond acceptors (Lipinski definition) is 5. The molecule has 0 saturated heterocycles. The van der Waals surface area contributed by atoms with Gasteiger partial charge in [0.05, 0.1) is 18.5 Å². The van der Waals surface area contributed by atoms with Gasteiger partial charge in [0.15, 0.2) is 0 Å². The molecule has 0 unspecified atom stereocenters. The van der Waals surface area contributed by atoms with E-state index in [1.54, 1.807) is 6.92 Å². The zero-order valence-electron chi connectivity index (χ0n) is 10.4. The Bertz CT molecular complexity index is 473. The van der Waals surface area contributed by atoms with Gasteiger partial charge in [-0.1, -0.05) is 11.6 Å². The van der Waals surface area contributed by atoms with Crippen molar-refractivity contribution in [3.63, 3.8) is 0 Å². The highest BCUT2D eigenvalue weighted by molar-refractivity contribution is 6.32. The minimum Gasteiger partial charge on any atom is -0.466 e. The summed E-state index contributed by atoms with van der Waals surface area (Å²) in [7, 11) is 1.53. The van der Waals surface area contributed by atoms with Crippen LogP contribution in [0.15, 0.2) is 11.0 Å². The summed E-state index contributed by atoms with van der Waals surface area (Å²) in [5, 5.41) is 6.91. The van der Waals surface area contributed by atoms with Gasteiger partial charge in [-0.15, -0.1) is 0 Å². The fourth-order valence-corrected chi connectivity index (χ4v) is 1.56. The van der Waals surface area contributed by atoms with Gasteiger partial charge in [-0.3, -0.25) is 9.59 Å². The quantitative estimate of drug-likeness (QED) is 0.623. The summed E-state index contributed by atoms with van der Waals surface area (Å²) in [5.41, 5.74) is 0.121. The Kier molecular flexibility index (Phi) is 5.64. The second kappa shape index (κ2) is 7.00. The molecule has 0 spiro atoms. The number of ether oxygens (including phenoxy) is 1. The van der Waals surface area contributed by atoms with E-state index in [2.05, 4.69) is 10.4 Å². The van der Waals surface area contributed by atoms with Gasteiger partial charge >= 0.3 is 5.97 Å². The van der Waals surface area contributed by atoms with Crippen LogP contribution in [-0.4, -0.2) is 28.9 Å². The molecule has 18 heavy (non-hydrogen) atoms. The normalized spacial score (nSPS) is 10.2. The highest BCUT2D eigenvalue weighted by atomic mass is 35.5. The Morgan fingerprint density at radius 3 is 3.00 bits per heavy atom. The minimum absolute atomic E-state index is 0.101. The molecular formula is C11H16ClN3O3. The van der Waals surface area contributed by atoms with Crippen molar-refractivity contribution in [2.24, 2.45) is 7.05 Å². The van der Waals surface area contributed by atoms with E-state index in [4.69, 9.17) is 16.3 Å². The minimum atomic E-state index is -0.355. The van der Waals surface area contributed by atoms with Crippen LogP contribution >= 0.6 is 11.6 Å². The van der Waals surface area contributed by atoms with E-state index in [0.29, 0.717) is 31.7 Å². The van der Waals surface area contributed by atoms with Gasteiger partial charge < -0.3 is 10.1 Å². The molecule has 6 nitrogen and oxygen atoms in total. The lowest BCUT2D eigenvalue weighted by Crippen LogP contribution is -2.21. The topological polar surface area (TPSA) is 73.2 Å². The van der Waals surface area contributed by atoms with Crippen molar-refractivity contribution >= 4 is 23.3 Å². The largest absolute Gasteiger partial charge is 0.466 e. The Morgan fingerprint density at radius 2 is 2.33 bits per heavy atom. The maximum absolute atomic E-state index is 11.5. The monoisotopic (exact) mass is 273 g/mol. The third-order valence-corrected chi connectivity index (χ3v) is 2.62. The van der Waals surface area contributed by atoms with Crippen molar-refractivity contribution in [3.8, 4) is 0 Å². The molecule has 0 aliphatic carbocycles. The maximum Gasteiger partial charge on any atom is 0.305 e. The summed E-state index contributed by atoms with van der Waals surface area (Å²) in [6.45, 7) is 2.67. The third kappa shape index (κ3) is 4.03. The number of carbonyl (C=O) groups excluding carboxylic acids is 1. The SMILES string of the molecule is CCOC(=O)CCCNc1cnn(C)c(=O)c1Cl. The van der Waals surface area contributed by atoms with Crippen LogP contribution in [0.3, 0.4) is 0 Å². The zero-order chi connectivity index (χ0) is 13.5. The second-order valence-corrected chi connectivity index (χ2v) is 4.01. The number of esters is 1. The van der Waals surface area contributed by atoms with Gasteiger partial charge in [-0.05, 0) is 13.3 Å². The molecule has 1 heterocycles. The van der Waals surface area contributed by atoms with Crippen LogP contribution in [0.2, 0.25) is 5.02 Å². The molecular weight excluding hydrogens is 258 g/mol. The van der Waals surface area contributed by atoms with Crippen LogP contribution in [0.5, 0.6) is 0 Å². The van der Waals surface area contributed by atoms with Crippen molar-refractivity contribution in [2.45, 2.75) is 19.8 Å². The van der Waals surface area contributed by atoms with Crippen LogP contribution in [0.25, 0.3) is 0 Å². The first-order valence-electron chi connectivity index (χ1n) is 5.67. The molecule has 0 saturated carbocycles. The van der Waals surface area contributed by atoms with Crippen molar-refractivity contribution in [3.05, 3.63) is 21.6 Å². The first kappa shape index (κ1) is 14.5. The highest BCUT2D eigenvalue weighted by Crippen LogP contribution is 2.14. The maximum atomic E-state index is 11.5. The lowest BCUT2D eigenvalue weighted by molar-refractivity contribution is -0.143. The summed E-state index contributed by atoms with van der Waals surface area (Å²) < 4.78 is 5.95. The van der Waals surface area contributed by atoms with Gasteiger partial charge in [0.2, 0.25) is 0 Å². The van der Waals surface area contributed by atoms with Crippen LogP contribution in [0.1, 0.15) is 19.8 Å². The average Bonchev–Trinajstić information content (AvgIpc) is 2.34. The first-order valence-corrected chi connectivity index (χ1v) is 6.05. The fourth-order valence-electron chi connectivity index (χ4n) is 1.32. The van der Waals surface area contributed by atoms with E-state index in [1.165, 1.54) is 13.2 Å². The molecule has 1 rings (SSSR count). The summed E-state index contributed by atoms with van der Waals surface area (Å²) in [6, 6.07) is 0. The van der Waals surface area contributed by atoms with Crippen molar-refractivity contribution < 1.29 is 9.53 Å². The molecule has 0 bridgehead atoms. The Morgan fingerprint density at radius 1 is 1.61 bits per heavy atom. The van der Waals surface area contributed by atoms with Gasteiger partial charge in [0.25, 0.3) is 5.56 Å². The van der Waals surface area contributed by atoms with Gasteiger partial charge in [-0.2, -0.15) is 5.10 Å². The highest BCUT2D eigenvalue weighted by Gasteiger charge is 2.07. The lowest BCUT2D eigenvalue weighted by Gasteiger charge is -2.08. The number of aromatic nitrogens is 2. The zero-order valence-corrected chi connectivity index (χ0v) is 11.2. The van der Waals surface area contributed by atoms with Crippen LogP contribution in [0, 0.1) is 0 Å². The molecule has 0 fully saturated rings. The molecule has 0 aliphatic rings. The van der Waals surface area contributed by atoms with Gasteiger partial charge in [-0.25, -0.2) is 4.68 Å².